The molecule has 0 aromatic rings. The first-order valence-corrected chi connectivity index (χ1v) is 8.69. The number of nitrogens with one attached hydrogen (secondary N) is 1. The average molecular weight is 298 g/mol. The van der Waals surface area contributed by atoms with Gasteiger partial charge in [-0.2, -0.15) is 0 Å². The van der Waals surface area contributed by atoms with E-state index in [4.69, 9.17) is 0 Å². The van der Waals surface area contributed by atoms with Crippen LogP contribution in [0.4, 0.5) is 0 Å². The highest BCUT2D eigenvalue weighted by Crippen LogP contribution is 2.38. The summed E-state index contributed by atoms with van der Waals surface area (Å²) in [5.74, 6) is -0.400. The van der Waals surface area contributed by atoms with Crippen molar-refractivity contribution in [1.82, 2.24) is 10.2 Å². The lowest BCUT2D eigenvalue weighted by Gasteiger charge is -2.35. The van der Waals surface area contributed by atoms with Gasteiger partial charge in [-0.25, -0.2) is 0 Å². The number of rotatable bonds is 10. The molecule has 0 amide bonds. The van der Waals surface area contributed by atoms with Gasteiger partial charge in [0.15, 0.2) is 0 Å². The molecule has 1 rings (SSSR count). The van der Waals surface area contributed by atoms with Crippen LogP contribution in [-0.2, 0) is 4.79 Å². The third-order valence-electron chi connectivity index (χ3n) is 4.82. The lowest BCUT2D eigenvalue weighted by Crippen LogP contribution is -2.57. The van der Waals surface area contributed by atoms with Gasteiger partial charge in [0.05, 0.1) is 0 Å². The van der Waals surface area contributed by atoms with Crippen LogP contribution in [0, 0.1) is 5.92 Å². The standard InChI is InChI=1S/C17H34N2O2/c1-5-7-12-19(6-2)13-10-15-9-8-11-17(15,16(20)21)18-14(3)4/h14-15,18H,5-13H2,1-4H3,(H,20,21). The fraction of sp³-hybridized carbons (Fsp3) is 0.941. The quantitative estimate of drug-likeness (QED) is 0.650. The van der Waals surface area contributed by atoms with E-state index in [9.17, 15) is 9.90 Å². The van der Waals surface area contributed by atoms with Crippen LogP contribution in [-0.4, -0.2) is 47.2 Å². The molecule has 2 atom stereocenters. The fourth-order valence-corrected chi connectivity index (χ4v) is 3.67. The number of hydrogen-bond acceptors (Lipinski definition) is 3. The maximum Gasteiger partial charge on any atom is 0.324 e. The number of carboxylic acid groups (broad SMARTS) is 1. The van der Waals surface area contributed by atoms with E-state index >= 15 is 0 Å². The van der Waals surface area contributed by atoms with Crippen molar-refractivity contribution in [3.63, 3.8) is 0 Å². The maximum atomic E-state index is 11.9. The molecular weight excluding hydrogens is 264 g/mol. The Morgan fingerprint density at radius 1 is 1.38 bits per heavy atom. The van der Waals surface area contributed by atoms with Crippen molar-refractivity contribution in [2.75, 3.05) is 19.6 Å². The van der Waals surface area contributed by atoms with Crippen LogP contribution in [0.3, 0.4) is 0 Å². The molecule has 4 nitrogen and oxygen atoms in total. The summed E-state index contributed by atoms with van der Waals surface area (Å²) in [6, 6.07) is 0.212. The summed E-state index contributed by atoms with van der Waals surface area (Å²) in [6.45, 7) is 11.7. The molecule has 4 heteroatoms. The zero-order valence-corrected chi connectivity index (χ0v) is 14.3. The highest BCUT2D eigenvalue weighted by molar-refractivity contribution is 5.79. The Morgan fingerprint density at radius 3 is 2.62 bits per heavy atom. The van der Waals surface area contributed by atoms with Gasteiger partial charge in [0.1, 0.15) is 5.54 Å². The van der Waals surface area contributed by atoms with Crippen molar-refractivity contribution < 1.29 is 9.90 Å². The van der Waals surface area contributed by atoms with Gasteiger partial charge in [0.2, 0.25) is 0 Å². The SMILES string of the molecule is CCCCN(CC)CCC1CCCC1(NC(C)C)C(=O)O. The van der Waals surface area contributed by atoms with Crippen LogP contribution in [0.2, 0.25) is 0 Å². The van der Waals surface area contributed by atoms with Crippen molar-refractivity contribution in [2.45, 2.75) is 77.8 Å². The van der Waals surface area contributed by atoms with Gasteiger partial charge in [-0.3, -0.25) is 10.1 Å². The van der Waals surface area contributed by atoms with Gasteiger partial charge in [0.25, 0.3) is 0 Å². The summed E-state index contributed by atoms with van der Waals surface area (Å²) in [5.41, 5.74) is -0.696. The Kier molecular flexibility index (Phi) is 7.67. The van der Waals surface area contributed by atoms with Crippen molar-refractivity contribution in [3.05, 3.63) is 0 Å². The predicted molar refractivity (Wildman–Crippen MR) is 87.6 cm³/mol. The third kappa shape index (κ3) is 4.96. The minimum absolute atomic E-state index is 0.212. The molecule has 124 valence electrons. The number of hydrogen-bond donors (Lipinski definition) is 2. The van der Waals surface area contributed by atoms with Crippen LogP contribution < -0.4 is 5.32 Å². The molecule has 1 saturated carbocycles. The average Bonchev–Trinajstić information content (AvgIpc) is 2.82. The number of carbonyl (C=O) groups is 1. The lowest BCUT2D eigenvalue weighted by atomic mass is 9.83. The Bertz CT molecular complexity index is 320. The fourth-order valence-electron chi connectivity index (χ4n) is 3.67. The van der Waals surface area contributed by atoms with Crippen molar-refractivity contribution in [3.8, 4) is 0 Å². The van der Waals surface area contributed by atoms with Crippen LogP contribution >= 0.6 is 0 Å². The summed E-state index contributed by atoms with van der Waals surface area (Å²) in [7, 11) is 0. The van der Waals surface area contributed by atoms with Crippen LogP contribution in [0.1, 0.15) is 66.2 Å². The summed E-state index contributed by atoms with van der Waals surface area (Å²) >= 11 is 0. The van der Waals surface area contributed by atoms with Gasteiger partial charge in [-0.15, -0.1) is 0 Å². The van der Waals surface area contributed by atoms with Crippen LogP contribution in [0.15, 0.2) is 0 Å². The van der Waals surface area contributed by atoms with E-state index in [1.807, 2.05) is 13.8 Å². The Balaban J connectivity index is 2.64. The third-order valence-corrected chi connectivity index (χ3v) is 4.82. The van der Waals surface area contributed by atoms with Gasteiger partial charge in [-0.1, -0.05) is 26.7 Å². The zero-order valence-electron chi connectivity index (χ0n) is 14.3. The molecule has 0 aromatic heterocycles. The minimum Gasteiger partial charge on any atom is -0.480 e. The van der Waals surface area contributed by atoms with E-state index in [-0.39, 0.29) is 12.0 Å². The summed E-state index contributed by atoms with van der Waals surface area (Å²) in [5, 5.41) is 13.1. The monoisotopic (exact) mass is 298 g/mol. The van der Waals surface area contributed by atoms with E-state index in [1.165, 1.54) is 12.8 Å². The van der Waals surface area contributed by atoms with Gasteiger partial charge >= 0.3 is 5.97 Å². The molecule has 0 aromatic carbocycles. The molecule has 0 saturated heterocycles. The van der Waals surface area contributed by atoms with Crippen LogP contribution in [0.25, 0.3) is 0 Å². The van der Waals surface area contributed by atoms with Crippen molar-refractivity contribution in [1.29, 1.82) is 0 Å². The Morgan fingerprint density at radius 2 is 2.10 bits per heavy atom. The molecule has 0 aliphatic heterocycles. The summed E-state index contributed by atoms with van der Waals surface area (Å²) in [4.78, 5) is 14.3. The first kappa shape index (κ1) is 18.4. The molecule has 2 N–H and O–H groups in total. The second-order valence-electron chi connectivity index (χ2n) is 6.74. The van der Waals surface area contributed by atoms with E-state index in [2.05, 4.69) is 24.1 Å². The van der Waals surface area contributed by atoms with Gasteiger partial charge < -0.3 is 10.0 Å². The Labute approximate surface area is 130 Å². The second kappa shape index (κ2) is 8.74. The second-order valence-corrected chi connectivity index (χ2v) is 6.74. The molecule has 21 heavy (non-hydrogen) atoms. The topological polar surface area (TPSA) is 52.6 Å². The molecule has 2 unspecified atom stereocenters. The number of unbranched alkanes of at least 4 members (excludes halogenated alkanes) is 1. The molecule has 0 bridgehead atoms. The van der Waals surface area contributed by atoms with Gasteiger partial charge in [-0.05, 0) is 65.1 Å². The largest absolute Gasteiger partial charge is 0.480 e. The Hall–Kier alpha value is -0.610. The smallest absolute Gasteiger partial charge is 0.324 e. The molecule has 0 spiro atoms. The van der Waals surface area contributed by atoms with E-state index in [0.717, 1.165) is 45.3 Å². The molecule has 0 heterocycles. The van der Waals surface area contributed by atoms with Crippen LogP contribution in [0.5, 0.6) is 0 Å². The minimum atomic E-state index is -0.696. The molecule has 1 aliphatic rings. The normalized spacial score (nSPS) is 25.9. The van der Waals surface area contributed by atoms with Crippen molar-refractivity contribution in [2.24, 2.45) is 5.92 Å². The molecular formula is C17H34N2O2. The van der Waals surface area contributed by atoms with E-state index < -0.39 is 11.5 Å². The maximum absolute atomic E-state index is 11.9. The number of nitrogens with zero attached hydrogens (tertiary/aromatic N) is 1. The highest BCUT2D eigenvalue weighted by atomic mass is 16.4. The van der Waals surface area contributed by atoms with Gasteiger partial charge in [0, 0.05) is 6.04 Å². The zero-order chi connectivity index (χ0) is 15.9. The molecule has 1 aliphatic carbocycles. The number of aliphatic carboxylic acids is 1. The lowest BCUT2D eigenvalue weighted by molar-refractivity contribution is -0.147. The first-order valence-electron chi connectivity index (χ1n) is 8.69. The first-order chi connectivity index (χ1) is 9.96. The van der Waals surface area contributed by atoms with E-state index in [0.29, 0.717) is 0 Å². The van der Waals surface area contributed by atoms with Crippen molar-refractivity contribution >= 4 is 5.97 Å². The highest BCUT2D eigenvalue weighted by Gasteiger charge is 2.48. The molecule has 1 fully saturated rings. The summed E-state index contributed by atoms with van der Waals surface area (Å²) < 4.78 is 0. The predicted octanol–water partition coefficient (Wildman–Crippen LogP) is 3.12. The summed E-state index contributed by atoms with van der Waals surface area (Å²) in [6.07, 6.45) is 6.27. The van der Waals surface area contributed by atoms with E-state index in [1.54, 1.807) is 0 Å². The number of carboxylic acids is 1. The molecule has 0 radical (unpaired) electrons.